The van der Waals surface area contributed by atoms with Crippen LogP contribution in [0.15, 0.2) is 11.6 Å². The van der Waals surface area contributed by atoms with Gasteiger partial charge in [0.2, 0.25) is 10.0 Å². The molecule has 0 fully saturated rings. The summed E-state index contributed by atoms with van der Waals surface area (Å²) in [4.78, 5) is 0. The third kappa shape index (κ3) is 3.30. The molecule has 16 heavy (non-hydrogen) atoms. The van der Waals surface area contributed by atoms with E-state index in [2.05, 4.69) is 20.8 Å². The Balaban J connectivity index is 2.72. The molecule has 0 saturated carbocycles. The number of hydrogen-bond donors (Lipinski definition) is 1. The zero-order valence-corrected chi connectivity index (χ0v) is 11.2. The Morgan fingerprint density at radius 3 is 2.44 bits per heavy atom. The van der Waals surface area contributed by atoms with Crippen molar-refractivity contribution in [3.8, 4) is 0 Å². The van der Waals surface area contributed by atoms with Crippen molar-refractivity contribution in [3.63, 3.8) is 0 Å². The quantitative estimate of drug-likeness (QED) is 0.754. The summed E-state index contributed by atoms with van der Waals surface area (Å²) in [5.74, 6) is 0.0473. The molecule has 0 aromatic rings. The second-order valence-corrected chi connectivity index (χ2v) is 7.28. The average molecular weight is 246 g/mol. The molecule has 2 N–H and O–H groups in total. The molecule has 0 aromatic carbocycles. The summed E-state index contributed by atoms with van der Waals surface area (Å²) >= 11 is 0. The normalized spacial score (nSPS) is 19.6. The van der Waals surface area contributed by atoms with Gasteiger partial charge in [0, 0.05) is 19.6 Å². The maximum Gasteiger partial charge on any atom is 0.215 e. The molecule has 94 valence electrons. The van der Waals surface area contributed by atoms with Crippen LogP contribution in [0.4, 0.5) is 0 Å². The highest BCUT2D eigenvalue weighted by atomic mass is 32.2. The summed E-state index contributed by atoms with van der Waals surface area (Å²) in [6.07, 6.45) is 2.87. The maximum atomic E-state index is 11.8. The van der Waals surface area contributed by atoms with Crippen LogP contribution in [0.5, 0.6) is 0 Å². The largest absolute Gasteiger partial charge is 0.329 e. The lowest BCUT2D eigenvalue weighted by Crippen LogP contribution is -2.39. The Kier molecular flexibility index (Phi) is 4.15. The SMILES string of the molecule is CC(C)(C)C1=CCN(S(=O)(=O)CCN)CC1. The molecule has 1 heterocycles. The predicted octanol–water partition coefficient (Wildman–Crippen LogP) is 0.953. The van der Waals surface area contributed by atoms with Crippen molar-refractivity contribution in [2.75, 3.05) is 25.4 Å². The van der Waals surface area contributed by atoms with Gasteiger partial charge >= 0.3 is 0 Å². The molecule has 0 bridgehead atoms. The van der Waals surface area contributed by atoms with Gasteiger partial charge in [-0.25, -0.2) is 8.42 Å². The standard InChI is InChI=1S/C11H22N2O2S/c1-11(2,3)10-4-7-13(8-5-10)16(14,15)9-6-12/h4H,5-9,12H2,1-3H3. The monoisotopic (exact) mass is 246 g/mol. The molecule has 5 heteroatoms. The first kappa shape index (κ1) is 13.7. The average Bonchev–Trinajstić information content (AvgIpc) is 2.16. The minimum absolute atomic E-state index is 0.0473. The molecular formula is C11H22N2O2S. The summed E-state index contributed by atoms with van der Waals surface area (Å²) < 4.78 is 25.0. The molecule has 0 aromatic heterocycles. The third-order valence-corrected chi connectivity index (χ3v) is 4.77. The number of nitrogens with two attached hydrogens (primary N) is 1. The molecule has 0 radical (unpaired) electrons. The Morgan fingerprint density at radius 2 is 2.06 bits per heavy atom. The van der Waals surface area contributed by atoms with Gasteiger partial charge in [-0.1, -0.05) is 32.4 Å². The summed E-state index contributed by atoms with van der Waals surface area (Å²) in [7, 11) is -3.14. The van der Waals surface area contributed by atoms with E-state index in [4.69, 9.17) is 5.73 Å². The van der Waals surface area contributed by atoms with E-state index in [1.165, 1.54) is 9.88 Å². The lowest BCUT2D eigenvalue weighted by atomic mass is 9.83. The van der Waals surface area contributed by atoms with E-state index in [9.17, 15) is 8.42 Å². The first-order valence-electron chi connectivity index (χ1n) is 5.65. The molecule has 0 spiro atoms. The minimum atomic E-state index is -3.14. The summed E-state index contributed by atoms with van der Waals surface area (Å²) in [6.45, 7) is 7.74. The van der Waals surface area contributed by atoms with Gasteiger partial charge in [-0.05, 0) is 11.8 Å². The lowest BCUT2D eigenvalue weighted by molar-refractivity contribution is 0.390. The van der Waals surface area contributed by atoms with Crippen LogP contribution < -0.4 is 5.73 Å². The van der Waals surface area contributed by atoms with E-state index in [1.54, 1.807) is 0 Å². The van der Waals surface area contributed by atoms with Crippen molar-refractivity contribution in [2.45, 2.75) is 27.2 Å². The van der Waals surface area contributed by atoms with Gasteiger partial charge < -0.3 is 5.73 Å². The Bertz CT molecular complexity index is 366. The van der Waals surface area contributed by atoms with Crippen LogP contribution in [0.2, 0.25) is 0 Å². The molecule has 1 rings (SSSR count). The molecule has 0 unspecified atom stereocenters. The fourth-order valence-electron chi connectivity index (χ4n) is 1.86. The molecule has 1 aliphatic rings. The minimum Gasteiger partial charge on any atom is -0.329 e. The van der Waals surface area contributed by atoms with Gasteiger partial charge in [0.25, 0.3) is 0 Å². The topological polar surface area (TPSA) is 63.4 Å². The fraction of sp³-hybridized carbons (Fsp3) is 0.818. The van der Waals surface area contributed by atoms with Crippen molar-refractivity contribution in [1.29, 1.82) is 0 Å². The van der Waals surface area contributed by atoms with E-state index in [1.807, 2.05) is 6.08 Å². The van der Waals surface area contributed by atoms with E-state index < -0.39 is 10.0 Å². The molecule has 0 saturated heterocycles. The smallest absolute Gasteiger partial charge is 0.215 e. The van der Waals surface area contributed by atoms with Crippen LogP contribution in [0.25, 0.3) is 0 Å². The number of nitrogens with zero attached hydrogens (tertiary/aromatic N) is 1. The second kappa shape index (κ2) is 4.85. The van der Waals surface area contributed by atoms with Crippen LogP contribution >= 0.6 is 0 Å². The van der Waals surface area contributed by atoms with Crippen LogP contribution in [0.3, 0.4) is 0 Å². The van der Waals surface area contributed by atoms with Crippen molar-refractivity contribution in [2.24, 2.45) is 11.1 Å². The van der Waals surface area contributed by atoms with Crippen molar-refractivity contribution >= 4 is 10.0 Å². The van der Waals surface area contributed by atoms with Crippen molar-refractivity contribution < 1.29 is 8.42 Å². The van der Waals surface area contributed by atoms with Crippen LogP contribution in [-0.4, -0.2) is 38.1 Å². The number of hydrogen-bond acceptors (Lipinski definition) is 3. The van der Waals surface area contributed by atoms with Crippen molar-refractivity contribution in [3.05, 3.63) is 11.6 Å². The number of rotatable bonds is 3. The van der Waals surface area contributed by atoms with Crippen LogP contribution in [0.1, 0.15) is 27.2 Å². The second-order valence-electron chi connectivity index (χ2n) is 5.19. The highest BCUT2D eigenvalue weighted by Gasteiger charge is 2.26. The lowest BCUT2D eigenvalue weighted by Gasteiger charge is -2.31. The molecule has 0 atom stereocenters. The van der Waals surface area contributed by atoms with E-state index in [-0.39, 0.29) is 17.7 Å². The predicted molar refractivity (Wildman–Crippen MR) is 66.6 cm³/mol. The summed E-state index contributed by atoms with van der Waals surface area (Å²) in [5.41, 5.74) is 6.78. The van der Waals surface area contributed by atoms with Gasteiger partial charge in [0.1, 0.15) is 0 Å². The van der Waals surface area contributed by atoms with E-state index >= 15 is 0 Å². The van der Waals surface area contributed by atoms with Crippen molar-refractivity contribution in [1.82, 2.24) is 4.31 Å². The summed E-state index contributed by atoms with van der Waals surface area (Å²) in [6, 6.07) is 0. The highest BCUT2D eigenvalue weighted by molar-refractivity contribution is 7.89. The molecule has 0 amide bonds. The Hall–Kier alpha value is -0.390. The van der Waals surface area contributed by atoms with Gasteiger partial charge in [0.05, 0.1) is 5.75 Å². The van der Waals surface area contributed by atoms with Gasteiger partial charge in [0.15, 0.2) is 0 Å². The van der Waals surface area contributed by atoms with Gasteiger partial charge in [-0.2, -0.15) is 4.31 Å². The molecule has 4 nitrogen and oxygen atoms in total. The molecular weight excluding hydrogens is 224 g/mol. The fourth-order valence-corrected chi connectivity index (χ4v) is 3.09. The maximum absolute atomic E-state index is 11.8. The molecule has 0 aliphatic carbocycles. The Morgan fingerprint density at radius 1 is 1.44 bits per heavy atom. The van der Waals surface area contributed by atoms with E-state index in [0.717, 1.165) is 6.42 Å². The Labute approximate surface area is 98.6 Å². The van der Waals surface area contributed by atoms with Gasteiger partial charge in [-0.15, -0.1) is 0 Å². The molecule has 1 aliphatic heterocycles. The van der Waals surface area contributed by atoms with Gasteiger partial charge in [-0.3, -0.25) is 0 Å². The zero-order valence-electron chi connectivity index (χ0n) is 10.4. The third-order valence-electron chi connectivity index (χ3n) is 2.90. The van der Waals surface area contributed by atoms with E-state index in [0.29, 0.717) is 13.1 Å². The zero-order chi connectivity index (χ0) is 12.4. The highest BCUT2D eigenvalue weighted by Crippen LogP contribution is 2.30. The number of sulfonamides is 1. The van der Waals surface area contributed by atoms with Crippen LogP contribution in [0, 0.1) is 5.41 Å². The van der Waals surface area contributed by atoms with Crippen LogP contribution in [-0.2, 0) is 10.0 Å². The first-order chi connectivity index (χ1) is 7.27. The first-order valence-corrected chi connectivity index (χ1v) is 7.25. The summed E-state index contributed by atoms with van der Waals surface area (Å²) in [5, 5.41) is 0.